The Balaban J connectivity index is 1.62. The van der Waals surface area contributed by atoms with E-state index in [1.165, 1.54) is 30.5 Å². The van der Waals surface area contributed by atoms with E-state index in [2.05, 4.69) is 15.6 Å². The number of nitrogens with zero attached hydrogens (tertiary/aromatic N) is 1. The van der Waals surface area contributed by atoms with Crippen molar-refractivity contribution < 1.29 is 23.9 Å². The number of amides is 2. The Morgan fingerprint density at radius 2 is 1.57 bits per heavy atom. The van der Waals surface area contributed by atoms with E-state index < -0.39 is 6.16 Å². The minimum atomic E-state index is -0.806. The number of anilines is 2. The van der Waals surface area contributed by atoms with E-state index in [1.807, 2.05) is 0 Å². The van der Waals surface area contributed by atoms with Crippen molar-refractivity contribution in [1.29, 1.82) is 0 Å². The minimum absolute atomic E-state index is 0.209. The SMILES string of the molecule is CCOC(=O)Oc1ccc(C(=O)Nc2cccc(NC(=O)c3ccccn3)c2)cc1. The summed E-state index contributed by atoms with van der Waals surface area (Å²) in [7, 11) is 0. The minimum Gasteiger partial charge on any atom is -0.434 e. The monoisotopic (exact) mass is 405 g/mol. The van der Waals surface area contributed by atoms with Gasteiger partial charge in [0, 0.05) is 23.1 Å². The second kappa shape index (κ2) is 9.83. The molecule has 1 aromatic heterocycles. The highest BCUT2D eigenvalue weighted by Gasteiger charge is 2.10. The first kappa shape index (κ1) is 20.5. The lowest BCUT2D eigenvalue weighted by Gasteiger charge is -2.09. The molecule has 3 rings (SSSR count). The number of aromatic nitrogens is 1. The van der Waals surface area contributed by atoms with Gasteiger partial charge in [-0.25, -0.2) is 4.79 Å². The van der Waals surface area contributed by atoms with Crippen molar-refractivity contribution >= 4 is 29.3 Å². The molecule has 152 valence electrons. The van der Waals surface area contributed by atoms with Gasteiger partial charge >= 0.3 is 6.16 Å². The van der Waals surface area contributed by atoms with E-state index in [0.717, 1.165) is 0 Å². The quantitative estimate of drug-likeness (QED) is 0.472. The lowest BCUT2D eigenvalue weighted by atomic mass is 10.2. The number of carbonyl (C=O) groups excluding carboxylic acids is 3. The van der Waals surface area contributed by atoms with Crippen LogP contribution in [0, 0.1) is 0 Å². The standard InChI is InChI=1S/C22H19N3O5/c1-2-29-22(28)30-18-11-9-15(10-12-18)20(26)24-16-6-5-7-17(14-16)25-21(27)19-8-3-4-13-23-19/h3-14H,2H2,1H3,(H,24,26)(H,25,27). The molecule has 0 fully saturated rings. The average molecular weight is 405 g/mol. The van der Waals surface area contributed by atoms with Crippen molar-refractivity contribution in [3.63, 3.8) is 0 Å². The number of ether oxygens (including phenoxy) is 2. The predicted molar refractivity (Wildman–Crippen MR) is 111 cm³/mol. The predicted octanol–water partition coefficient (Wildman–Crippen LogP) is 4.12. The van der Waals surface area contributed by atoms with Gasteiger partial charge in [0.2, 0.25) is 0 Å². The van der Waals surface area contributed by atoms with Gasteiger partial charge in [-0.05, 0) is 61.5 Å². The molecule has 0 aliphatic carbocycles. The number of hydrogen-bond donors (Lipinski definition) is 2. The molecule has 2 N–H and O–H groups in total. The topological polar surface area (TPSA) is 107 Å². The number of rotatable bonds is 6. The van der Waals surface area contributed by atoms with Crippen LogP contribution in [0.25, 0.3) is 0 Å². The maximum Gasteiger partial charge on any atom is 0.513 e. The molecule has 0 aliphatic rings. The third kappa shape index (κ3) is 5.65. The van der Waals surface area contributed by atoms with Crippen molar-refractivity contribution in [2.24, 2.45) is 0 Å². The lowest BCUT2D eigenvalue weighted by molar-refractivity contribution is 0.101. The van der Waals surface area contributed by atoms with Gasteiger partial charge in [0.15, 0.2) is 0 Å². The Kier molecular flexibility index (Phi) is 6.73. The summed E-state index contributed by atoms with van der Waals surface area (Å²) < 4.78 is 9.65. The zero-order valence-corrected chi connectivity index (χ0v) is 16.1. The zero-order chi connectivity index (χ0) is 21.3. The van der Waals surface area contributed by atoms with Crippen molar-refractivity contribution in [3.8, 4) is 5.75 Å². The summed E-state index contributed by atoms with van der Waals surface area (Å²) in [5, 5.41) is 5.49. The Hall–Kier alpha value is -4.20. The Morgan fingerprint density at radius 1 is 0.867 bits per heavy atom. The molecule has 0 saturated carbocycles. The largest absolute Gasteiger partial charge is 0.513 e. The summed E-state index contributed by atoms with van der Waals surface area (Å²) in [5.41, 5.74) is 1.68. The molecule has 0 radical (unpaired) electrons. The second-order valence-corrected chi connectivity index (χ2v) is 6.01. The number of benzene rings is 2. The zero-order valence-electron chi connectivity index (χ0n) is 16.1. The van der Waals surface area contributed by atoms with Crippen LogP contribution in [-0.4, -0.2) is 29.6 Å². The van der Waals surface area contributed by atoms with Crippen molar-refractivity contribution in [3.05, 3.63) is 84.2 Å². The fourth-order valence-electron chi connectivity index (χ4n) is 2.49. The Bertz CT molecular complexity index is 1040. The molecule has 0 unspecified atom stereocenters. The van der Waals surface area contributed by atoms with Crippen molar-refractivity contribution in [2.75, 3.05) is 17.2 Å². The summed E-state index contributed by atoms with van der Waals surface area (Å²) in [5.74, 6) is -0.439. The average Bonchev–Trinajstić information content (AvgIpc) is 2.75. The molecule has 0 spiro atoms. The molecule has 30 heavy (non-hydrogen) atoms. The van der Waals surface area contributed by atoms with Crippen LogP contribution in [-0.2, 0) is 4.74 Å². The molecule has 0 aliphatic heterocycles. The van der Waals surface area contributed by atoms with Gasteiger partial charge < -0.3 is 20.1 Å². The summed E-state index contributed by atoms with van der Waals surface area (Å²) in [6, 6.07) is 17.8. The van der Waals surface area contributed by atoms with Gasteiger partial charge in [-0.15, -0.1) is 0 Å². The van der Waals surface area contributed by atoms with Crippen LogP contribution in [0.15, 0.2) is 72.9 Å². The summed E-state index contributed by atoms with van der Waals surface area (Å²) in [6.45, 7) is 1.88. The van der Waals surface area contributed by atoms with Gasteiger partial charge in [-0.3, -0.25) is 14.6 Å². The summed E-state index contributed by atoms with van der Waals surface area (Å²) in [4.78, 5) is 40.0. The Labute approximate surface area is 172 Å². The highest BCUT2D eigenvalue weighted by molar-refractivity contribution is 6.05. The van der Waals surface area contributed by atoms with E-state index in [-0.39, 0.29) is 29.9 Å². The number of pyridine rings is 1. The van der Waals surface area contributed by atoms with Crippen LogP contribution in [0.5, 0.6) is 5.75 Å². The maximum absolute atomic E-state index is 12.5. The van der Waals surface area contributed by atoms with Crippen molar-refractivity contribution in [1.82, 2.24) is 4.98 Å². The summed E-state index contributed by atoms with van der Waals surface area (Å²) >= 11 is 0. The van der Waals surface area contributed by atoms with E-state index in [0.29, 0.717) is 16.9 Å². The van der Waals surface area contributed by atoms with E-state index in [1.54, 1.807) is 49.4 Å². The first-order valence-corrected chi connectivity index (χ1v) is 9.13. The number of hydrogen-bond acceptors (Lipinski definition) is 6. The number of nitrogens with one attached hydrogen (secondary N) is 2. The van der Waals surface area contributed by atoms with E-state index >= 15 is 0 Å². The normalized spacial score (nSPS) is 10.0. The fourth-order valence-corrected chi connectivity index (χ4v) is 2.49. The molecule has 0 saturated heterocycles. The molecule has 8 heteroatoms. The van der Waals surface area contributed by atoms with Gasteiger partial charge in [-0.2, -0.15) is 0 Å². The molecule has 0 atom stereocenters. The van der Waals surface area contributed by atoms with Gasteiger partial charge in [-0.1, -0.05) is 12.1 Å². The van der Waals surface area contributed by atoms with Crippen LogP contribution in [0.2, 0.25) is 0 Å². The highest BCUT2D eigenvalue weighted by atomic mass is 16.7. The van der Waals surface area contributed by atoms with Crippen LogP contribution in [0.4, 0.5) is 16.2 Å². The molecule has 0 bridgehead atoms. The van der Waals surface area contributed by atoms with Gasteiger partial charge in [0.25, 0.3) is 11.8 Å². The third-order valence-electron chi connectivity index (χ3n) is 3.86. The van der Waals surface area contributed by atoms with E-state index in [9.17, 15) is 14.4 Å². The van der Waals surface area contributed by atoms with Gasteiger partial charge in [0.1, 0.15) is 11.4 Å². The first-order chi connectivity index (χ1) is 14.5. The molecule has 3 aromatic rings. The lowest BCUT2D eigenvalue weighted by Crippen LogP contribution is -2.15. The molecule has 1 heterocycles. The number of carbonyl (C=O) groups is 3. The molecular weight excluding hydrogens is 386 g/mol. The molecule has 2 amide bonds. The van der Waals surface area contributed by atoms with Crippen LogP contribution < -0.4 is 15.4 Å². The maximum atomic E-state index is 12.5. The summed E-state index contributed by atoms with van der Waals surface area (Å²) in [6.07, 6.45) is 0.730. The Morgan fingerprint density at radius 3 is 2.20 bits per heavy atom. The third-order valence-corrected chi connectivity index (χ3v) is 3.86. The van der Waals surface area contributed by atoms with Crippen LogP contribution in [0.1, 0.15) is 27.8 Å². The van der Waals surface area contributed by atoms with Crippen LogP contribution in [0.3, 0.4) is 0 Å². The molecule has 2 aromatic carbocycles. The van der Waals surface area contributed by atoms with Crippen LogP contribution >= 0.6 is 0 Å². The van der Waals surface area contributed by atoms with Gasteiger partial charge in [0.05, 0.1) is 6.61 Å². The highest BCUT2D eigenvalue weighted by Crippen LogP contribution is 2.18. The van der Waals surface area contributed by atoms with Crippen molar-refractivity contribution in [2.45, 2.75) is 6.92 Å². The second-order valence-electron chi connectivity index (χ2n) is 6.01. The fraction of sp³-hybridized carbons (Fsp3) is 0.0909. The van der Waals surface area contributed by atoms with E-state index in [4.69, 9.17) is 9.47 Å². The first-order valence-electron chi connectivity index (χ1n) is 9.13. The smallest absolute Gasteiger partial charge is 0.434 e. The molecule has 8 nitrogen and oxygen atoms in total. The molecular formula is C22H19N3O5.